The van der Waals surface area contributed by atoms with Gasteiger partial charge in [-0.1, -0.05) is 0 Å². The third kappa shape index (κ3) is 11.1. The predicted octanol–water partition coefficient (Wildman–Crippen LogP) is 1.61. The van der Waals surface area contributed by atoms with E-state index in [1.165, 1.54) is 0 Å². The van der Waals surface area contributed by atoms with Crippen molar-refractivity contribution in [3.63, 3.8) is 0 Å². The topological polar surface area (TPSA) is 49.3 Å². The first-order valence-electron chi connectivity index (χ1n) is 4.83. The average Bonchev–Trinajstić information content (AvgIpc) is 2.07. The van der Waals surface area contributed by atoms with Gasteiger partial charge in [0.15, 0.2) is 0 Å². The molecule has 0 radical (unpaired) electrons. The lowest BCUT2D eigenvalue weighted by Crippen LogP contribution is -2.26. The molecule has 0 aromatic heterocycles. The van der Waals surface area contributed by atoms with Crippen LogP contribution in [-0.2, 0) is 4.79 Å². The third-order valence-electron chi connectivity index (χ3n) is 1.75. The molecule has 0 aliphatic heterocycles. The molecule has 0 saturated heterocycles. The van der Waals surface area contributed by atoms with Gasteiger partial charge in [-0.25, -0.2) is 0 Å². The van der Waals surface area contributed by atoms with E-state index in [0.29, 0.717) is 6.42 Å². The Morgan fingerprint density at radius 2 is 2.07 bits per heavy atom. The zero-order valence-corrected chi connectivity index (χ0v) is 8.60. The van der Waals surface area contributed by atoms with Crippen molar-refractivity contribution >= 4 is 5.91 Å². The molecule has 0 aliphatic rings. The monoisotopic (exact) mass is 227 g/mol. The van der Waals surface area contributed by atoms with Gasteiger partial charge in [0.1, 0.15) is 0 Å². The SMILES string of the molecule is CC(O)CCC(=O)NCCCC(F)(F)F. The highest BCUT2D eigenvalue weighted by Crippen LogP contribution is 2.20. The van der Waals surface area contributed by atoms with E-state index in [1.807, 2.05) is 0 Å². The molecule has 1 atom stereocenters. The fraction of sp³-hybridized carbons (Fsp3) is 0.889. The van der Waals surface area contributed by atoms with Crippen LogP contribution in [0.25, 0.3) is 0 Å². The van der Waals surface area contributed by atoms with Crippen LogP contribution in [-0.4, -0.2) is 29.8 Å². The fourth-order valence-electron chi connectivity index (χ4n) is 0.945. The van der Waals surface area contributed by atoms with Crippen molar-refractivity contribution in [1.29, 1.82) is 0 Å². The Kier molecular flexibility index (Phi) is 6.31. The van der Waals surface area contributed by atoms with E-state index in [-0.39, 0.29) is 25.3 Å². The average molecular weight is 227 g/mol. The summed E-state index contributed by atoms with van der Waals surface area (Å²) in [7, 11) is 0. The molecule has 0 aromatic rings. The van der Waals surface area contributed by atoms with Crippen molar-refractivity contribution in [1.82, 2.24) is 5.32 Å². The van der Waals surface area contributed by atoms with Gasteiger partial charge >= 0.3 is 6.18 Å². The van der Waals surface area contributed by atoms with Crippen LogP contribution in [0.15, 0.2) is 0 Å². The van der Waals surface area contributed by atoms with Gasteiger partial charge in [0.2, 0.25) is 5.91 Å². The third-order valence-corrected chi connectivity index (χ3v) is 1.75. The minimum absolute atomic E-state index is 0.0259. The van der Waals surface area contributed by atoms with Gasteiger partial charge in [-0.15, -0.1) is 0 Å². The molecule has 0 aliphatic carbocycles. The zero-order chi connectivity index (χ0) is 11.9. The number of nitrogens with one attached hydrogen (secondary N) is 1. The van der Waals surface area contributed by atoms with Crippen LogP contribution in [0.4, 0.5) is 13.2 Å². The van der Waals surface area contributed by atoms with Gasteiger partial charge in [-0.05, 0) is 19.8 Å². The lowest BCUT2D eigenvalue weighted by atomic mass is 10.2. The highest BCUT2D eigenvalue weighted by Gasteiger charge is 2.25. The van der Waals surface area contributed by atoms with E-state index in [9.17, 15) is 18.0 Å². The van der Waals surface area contributed by atoms with E-state index in [2.05, 4.69) is 5.32 Å². The molecule has 0 heterocycles. The summed E-state index contributed by atoms with van der Waals surface area (Å²) in [6.45, 7) is 1.58. The summed E-state index contributed by atoms with van der Waals surface area (Å²) in [5, 5.41) is 11.2. The maximum absolute atomic E-state index is 11.7. The maximum Gasteiger partial charge on any atom is 0.389 e. The van der Waals surface area contributed by atoms with Crippen LogP contribution in [0.1, 0.15) is 32.6 Å². The molecule has 1 unspecified atom stereocenters. The normalized spacial score (nSPS) is 13.7. The fourth-order valence-corrected chi connectivity index (χ4v) is 0.945. The van der Waals surface area contributed by atoms with Crippen molar-refractivity contribution in [3.8, 4) is 0 Å². The number of carbonyl (C=O) groups excluding carboxylic acids is 1. The molecule has 6 heteroatoms. The minimum Gasteiger partial charge on any atom is -0.393 e. The first-order valence-corrected chi connectivity index (χ1v) is 4.83. The molecule has 0 rings (SSSR count). The van der Waals surface area contributed by atoms with Gasteiger partial charge in [0.05, 0.1) is 6.10 Å². The number of rotatable bonds is 6. The number of aliphatic hydroxyl groups is 1. The second kappa shape index (κ2) is 6.66. The number of carbonyl (C=O) groups is 1. The molecular formula is C9H16F3NO2. The highest BCUT2D eigenvalue weighted by atomic mass is 19.4. The van der Waals surface area contributed by atoms with E-state index >= 15 is 0 Å². The Bertz CT molecular complexity index is 192. The van der Waals surface area contributed by atoms with E-state index in [4.69, 9.17) is 5.11 Å². The second-order valence-corrected chi connectivity index (χ2v) is 3.46. The standard InChI is InChI=1S/C9H16F3NO2/c1-7(14)3-4-8(15)13-6-2-5-9(10,11)12/h7,14H,2-6H2,1H3,(H,13,15). The molecule has 0 aromatic carbocycles. The molecule has 3 nitrogen and oxygen atoms in total. The molecule has 90 valence electrons. The summed E-state index contributed by atoms with van der Waals surface area (Å²) >= 11 is 0. The molecule has 2 N–H and O–H groups in total. The van der Waals surface area contributed by atoms with Crippen LogP contribution >= 0.6 is 0 Å². The number of amides is 1. The maximum atomic E-state index is 11.7. The molecule has 1 amide bonds. The summed E-state index contributed by atoms with van der Waals surface area (Å²) in [6, 6.07) is 0. The summed E-state index contributed by atoms with van der Waals surface area (Å²) in [5.41, 5.74) is 0. The lowest BCUT2D eigenvalue weighted by molar-refractivity contribution is -0.136. The summed E-state index contributed by atoms with van der Waals surface area (Å²) in [4.78, 5) is 11.0. The first kappa shape index (κ1) is 14.2. The van der Waals surface area contributed by atoms with Crippen molar-refractivity contribution < 1.29 is 23.1 Å². The van der Waals surface area contributed by atoms with Crippen molar-refractivity contribution in [3.05, 3.63) is 0 Å². The molecule has 0 spiro atoms. The number of aliphatic hydroxyl groups excluding tert-OH is 1. The van der Waals surface area contributed by atoms with Crippen LogP contribution in [0.2, 0.25) is 0 Å². The Morgan fingerprint density at radius 3 is 2.53 bits per heavy atom. The van der Waals surface area contributed by atoms with E-state index < -0.39 is 18.7 Å². The molecule has 15 heavy (non-hydrogen) atoms. The van der Waals surface area contributed by atoms with Gasteiger partial charge in [0, 0.05) is 19.4 Å². The largest absolute Gasteiger partial charge is 0.393 e. The number of hydrogen-bond donors (Lipinski definition) is 2. The number of hydrogen-bond acceptors (Lipinski definition) is 2. The van der Waals surface area contributed by atoms with Crippen LogP contribution in [0, 0.1) is 0 Å². The Morgan fingerprint density at radius 1 is 1.47 bits per heavy atom. The van der Waals surface area contributed by atoms with Gasteiger partial charge < -0.3 is 10.4 Å². The van der Waals surface area contributed by atoms with Crippen LogP contribution in [0.5, 0.6) is 0 Å². The van der Waals surface area contributed by atoms with Gasteiger partial charge in [-0.3, -0.25) is 4.79 Å². The number of alkyl halides is 3. The van der Waals surface area contributed by atoms with Gasteiger partial charge in [0.25, 0.3) is 0 Å². The first-order chi connectivity index (χ1) is 6.81. The summed E-state index contributed by atoms with van der Waals surface area (Å²) in [5.74, 6) is -0.321. The summed E-state index contributed by atoms with van der Waals surface area (Å²) in [6.07, 6.45) is -5.25. The minimum atomic E-state index is -4.16. The summed E-state index contributed by atoms with van der Waals surface area (Å²) < 4.78 is 35.1. The highest BCUT2D eigenvalue weighted by molar-refractivity contribution is 5.75. The Balaban J connectivity index is 3.40. The van der Waals surface area contributed by atoms with Crippen LogP contribution in [0.3, 0.4) is 0 Å². The van der Waals surface area contributed by atoms with Gasteiger partial charge in [-0.2, -0.15) is 13.2 Å². The number of halogens is 3. The van der Waals surface area contributed by atoms with E-state index in [0.717, 1.165) is 0 Å². The van der Waals surface area contributed by atoms with Crippen LogP contribution < -0.4 is 5.32 Å². The van der Waals surface area contributed by atoms with Crippen molar-refractivity contribution in [2.24, 2.45) is 0 Å². The second-order valence-electron chi connectivity index (χ2n) is 3.46. The van der Waals surface area contributed by atoms with Crippen molar-refractivity contribution in [2.45, 2.75) is 44.9 Å². The lowest BCUT2D eigenvalue weighted by Gasteiger charge is -2.08. The molecule has 0 bridgehead atoms. The Labute approximate surface area is 86.7 Å². The Hall–Kier alpha value is -0.780. The quantitative estimate of drug-likeness (QED) is 0.677. The predicted molar refractivity (Wildman–Crippen MR) is 49.2 cm³/mol. The molecule has 0 fully saturated rings. The van der Waals surface area contributed by atoms with E-state index in [1.54, 1.807) is 6.92 Å². The zero-order valence-electron chi connectivity index (χ0n) is 8.60. The smallest absolute Gasteiger partial charge is 0.389 e. The molecular weight excluding hydrogens is 211 g/mol. The van der Waals surface area contributed by atoms with Crippen molar-refractivity contribution in [2.75, 3.05) is 6.54 Å². The molecule has 0 saturated carbocycles.